The van der Waals surface area contributed by atoms with Crippen molar-refractivity contribution in [1.82, 2.24) is 15.1 Å². The summed E-state index contributed by atoms with van der Waals surface area (Å²) >= 11 is 5.98. The summed E-state index contributed by atoms with van der Waals surface area (Å²) in [5, 5.41) is 4.39. The molecule has 6 heteroatoms. The number of nitrogen functional groups attached to an aromatic ring is 1. The molecule has 0 amide bonds. The highest BCUT2D eigenvalue weighted by Crippen LogP contribution is 2.27. The quantitative estimate of drug-likeness (QED) is 0.731. The molecular weight excluding hydrogens is 276 g/mol. The topological polar surface area (TPSA) is 77.8 Å². The van der Waals surface area contributed by atoms with Gasteiger partial charge in [0, 0.05) is 11.8 Å². The first kappa shape index (κ1) is 12.6. The van der Waals surface area contributed by atoms with E-state index in [2.05, 4.69) is 15.1 Å². The molecule has 20 heavy (non-hydrogen) atoms. The molecule has 2 N–H and O–H groups in total. The third-order valence-electron chi connectivity index (χ3n) is 2.82. The normalized spacial score (nSPS) is 10.7. The number of hydrogen-bond acceptors (Lipinski definition) is 5. The fourth-order valence-electron chi connectivity index (χ4n) is 1.76. The van der Waals surface area contributed by atoms with Gasteiger partial charge in [-0.3, -0.25) is 4.98 Å². The first-order valence-corrected chi connectivity index (χ1v) is 6.33. The van der Waals surface area contributed by atoms with Crippen molar-refractivity contribution >= 4 is 17.3 Å². The first-order valence-electron chi connectivity index (χ1n) is 5.95. The van der Waals surface area contributed by atoms with E-state index in [1.807, 2.05) is 19.1 Å². The minimum atomic E-state index is 0.380. The molecule has 0 bridgehead atoms. The van der Waals surface area contributed by atoms with Crippen molar-refractivity contribution in [2.24, 2.45) is 0 Å². The van der Waals surface area contributed by atoms with Gasteiger partial charge in [-0.15, -0.1) is 0 Å². The zero-order valence-electron chi connectivity index (χ0n) is 10.7. The predicted octanol–water partition coefficient (Wildman–Crippen LogP) is 3.34. The van der Waals surface area contributed by atoms with Crippen LogP contribution in [-0.2, 0) is 0 Å². The third kappa shape index (κ3) is 2.35. The lowest BCUT2D eigenvalue weighted by molar-refractivity contribution is 0.432. The van der Waals surface area contributed by atoms with Gasteiger partial charge in [-0.1, -0.05) is 16.8 Å². The van der Waals surface area contributed by atoms with Gasteiger partial charge in [-0.05, 0) is 42.8 Å². The Hall–Kier alpha value is -2.40. The summed E-state index contributed by atoms with van der Waals surface area (Å²) in [5.74, 6) is 0.821. The second kappa shape index (κ2) is 4.94. The fraction of sp³-hybridized carbons (Fsp3) is 0.0714. The summed E-state index contributed by atoms with van der Waals surface area (Å²) in [5.41, 5.74) is 8.65. The van der Waals surface area contributed by atoms with Crippen molar-refractivity contribution in [3.05, 3.63) is 47.1 Å². The van der Waals surface area contributed by atoms with Crippen molar-refractivity contribution in [3.63, 3.8) is 0 Å². The minimum absolute atomic E-state index is 0.380. The van der Waals surface area contributed by atoms with Crippen LogP contribution in [0, 0.1) is 6.92 Å². The SMILES string of the molecule is Cc1ccnc(-c2noc(-c3ccc(N)c(Cl)c3)n2)c1. The smallest absolute Gasteiger partial charge is 0.258 e. The molecule has 0 atom stereocenters. The minimum Gasteiger partial charge on any atom is -0.398 e. The van der Waals surface area contributed by atoms with Gasteiger partial charge in [0.2, 0.25) is 5.82 Å². The summed E-state index contributed by atoms with van der Waals surface area (Å²) in [6.45, 7) is 1.98. The zero-order chi connectivity index (χ0) is 14.1. The second-order valence-electron chi connectivity index (χ2n) is 4.38. The first-order chi connectivity index (χ1) is 9.63. The van der Waals surface area contributed by atoms with Gasteiger partial charge < -0.3 is 10.3 Å². The molecule has 0 saturated heterocycles. The van der Waals surface area contributed by atoms with Crippen LogP contribution < -0.4 is 5.73 Å². The number of aryl methyl sites for hydroxylation is 1. The second-order valence-corrected chi connectivity index (χ2v) is 4.79. The summed E-state index contributed by atoms with van der Waals surface area (Å²) in [4.78, 5) is 8.54. The maximum Gasteiger partial charge on any atom is 0.258 e. The summed E-state index contributed by atoms with van der Waals surface area (Å²) < 4.78 is 5.24. The number of anilines is 1. The van der Waals surface area contributed by atoms with E-state index in [1.54, 1.807) is 24.4 Å². The lowest BCUT2D eigenvalue weighted by Crippen LogP contribution is -1.88. The monoisotopic (exact) mass is 286 g/mol. The Morgan fingerprint density at radius 2 is 2.05 bits per heavy atom. The molecule has 0 aliphatic heterocycles. The van der Waals surface area contributed by atoms with Crippen LogP contribution in [0.15, 0.2) is 41.1 Å². The van der Waals surface area contributed by atoms with Crippen LogP contribution in [0.3, 0.4) is 0 Å². The molecule has 1 aromatic carbocycles. The highest BCUT2D eigenvalue weighted by Gasteiger charge is 2.12. The highest BCUT2D eigenvalue weighted by molar-refractivity contribution is 6.33. The molecule has 2 aromatic heterocycles. The molecule has 3 rings (SSSR count). The van der Waals surface area contributed by atoms with Crippen molar-refractivity contribution < 1.29 is 4.52 Å². The van der Waals surface area contributed by atoms with E-state index in [1.165, 1.54) is 0 Å². The lowest BCUT2D eigenvalue weighted by atomic mass is 10.2. The number of hydrogen-bond donors (Lipinski definition) is 1. The van der Waals surface area contributed by atoms with E-state index in [0.717, 1.165) is 11.1 Å². The molecule has 0 radical (unpaired) electrons. The Bertz CT molecular complexity index is 769. The van der Waals surface area contributed by atoms with Gasteiger partial charge in [0.1, 0.15) is 5.69 Å². The van der Waals surface area contributed by atoms with E-state index in [9.17, 15) is 0 Å². The summed E-state index contributed by atoms with van der Waals surface area (Å²) in [6.07, 6.45) is 1.71. The molecule has 5 nitrogen and oxygen atoms in total. The van der Waals surface area contributed by atoms with Crippen LogP contribution in [0.25, 0.3) is 23.0 Å². The van der Waals surface area contributed by atoms with Gasteiger partial charge in [-0.25, -0.2) is 0 Å². The standard InChI is InChI=1S/C14H11ClN4O/c1-8-4-5-17-12(6-8)13-18-14(20-19-13)9-2-3-11(16)10(15)7-9/h2-7H,16H2,1H3. The number of halogens is 1. The Kier molecular flexibility index (Phi) is 3.12. The average Bonchev–Trinajstić information content (AvgIpc) is 2.92. The van der Waals surface area contributed by atoms with E-state index in [-0.39, 0.29) is 0 Å². The predicted molar refractivity (Wildman–Crippen MR) is 77.1 cm³/mol. The number of pyridine rings is 1. The number of nitrogens with two attached hydrogens (primary N) is 1. The van der Waals surface area contributed by atoms with E-state index in [0.29, 0.717) is 28.1 Å². The van der Waals surface area contributed by atoms with Gasteiger partial charge in [0.15, 0.2) is 0 Å². The van der Waals surface area contributed by atoms with Gasteiger partial charge in [-0.2, -0.15) is 4.98 Å². The van der Waals surface area contributed by atoms with E-state index < -0.39 is 0 Å². The fourth-order valence-corrected chi connectivity index (χ4v) is 1.94. The molecule has 0 aliphatic rings. The van der Waals surface area contributed by atoms with Gasteiger partial charge in [0.25, 0.3) is 5.89 Å². The molecule has 0 fully saturated rings. The molecule has 3 aromatic rings. The Morgan fingerprint density at radius 1 is 1.20 bits per heavy atom. The van der Waals surface area contributed by atoms with Crippen LogP contribution in [0.1, 0.15) is 5.56 Å². The van der Waals surface area contributed by atoms with Crippen LogP contribution in [-0.4, -0.2) is 15.1 Å². The summed E-state index contributed by atoms with van der Waals surface area (Å²) in [7, 11) is 0. The highest BCUT2D eigenvalue weighted by atomic mass is 35.5. The largest absolute Gasteiger partial charge is 0.398 e. The van der Waals surface area contributed by atoms with E-state index >= 15 is 0 Å². The Morgan fingerprint density at radius 3 is 2.80 bits per heavy atom. The molecule has 100 valence electrons. The van der Waals surface area contributed by atoms with Crippen molar-refractivity contribution in [2.45, 2.75) is 6.92 Å². The average molecular weight is 287 g/mol. The maximum atomic E-state index is 5.98. The molecule has 0 saturated carbocycles. The van der Waals surface area contributed by atoms with E-state index in [4.69, 9.17) is 21.9 Å². The van der Waals surface area contributed by atoms with Crippen LogP contribution in [0.5, 0.6) is 0 Å². The third-order valence-corrected chi connectivity index (χ3v) is 3.15. The summed E-state index contributed by atoms with van der Waals surface area (Å²) in [6, 6.07) is 8.97. The zero-order valence-corrected chi connectivity index (χ0v) is 11.4. The van der Waals surface area contributed by atoms with Crippen molar-refractivity contribution in [3.8, 4) is 23.0 Å². The molecule has 0 aliphatic carbocycles. The molecule has 0 spiro atoms. The van der Waals surface area contributed by atoms with Crippen LogP contribution >= 0.6 is 11.6 Å². The number of rotatable bonds is 2. The molecular formula is C14H11ClN4O. The van der Waals surface area contributed by atoms with Crippen molar-refractivity contribution in [2.75, 3.05) is 5.73 Å². The van der Waals surface area contributed by atoms with Crippen molar-refractivity contribution in [1.29, 1.82) is 0 Å². The number of aromatic nitrogens is 3. The molecule has 0 unspecified atom stereocenters. The number of benzene rings is 1. The van der Waals surface area contributed by atoms with Crippen LogP contribution in [0.2, 0.25) is 5.02 Å². The van der Waals surface area contributed by atoms with Gasteiger partial charge >= 0.3 is 0 Å². The Balaban J connectivity index is 1.99. The lowest BCUT2D eigenvalue weighted by Gasteiger charge is -1.98. The molecule has 2 heterocycles. The van der Waals surface area contributed by atoms with Crippen LogP contribution in [0.4, 0.5) is 5.69 Å². The maximum absolute atomic E-state index is 5.98. The Labute approximate surface area is 120 Å². The number of nitrogens with zero attached hydrogens (tertiary/aromatic N) is 3. The van der Waals surface area contributed by atoms with Gasteiger partial charge in [0.05, 0.1) is 10.7 Å².